The molecule has 3 amide bonds. The van der Waals surface area contributed by atoms with Crippen LogP contribution in [0.15, 0.2) is 30.5 Å². The maximum absolute atomic E-state index is 13.2. The van der Waals surface area contributed by atoms with Crippen LogP contribution in [-0.4, -0.2) is 64.9 Å². The summed E-state index contributed by atoms with van der Waals surface area (Å²) in [7, 11) is 0. The Labute approximate surface area is 214 Å². The van der Waals surface area contributed by atoms with Gasteiger partial charge in [0, 0.05) is 36.9 Å². The zero-order valence-electron chi connectivity index (χ0n) is 21.0. The minimum atomic E-state index is -1.17. The second kappa shape index (κ2) is 12.8. The van der Waals surface area contributed by atoms with Crippen LogP contribution in [0.5, 0.6) is 0 Å². The SMILES string of the molecule is CC(=O)N[C@@H](Cc1c[nH]c2ccccc12)C(=O)N[C@@H](CCC(=O)C=N)C(=O)N[C@@H](C)C(=O)OC1CCC1. The minimum Gasteiger partial charge on any atom is -0.461 e. The van der Waals surface area contributed by atoms with Gasteiger partial charge in [0.15, 0.2) is 5.78 Å². The highest BCUT2D eigenvalue weighted by molar-refractivity contribution is 6.26. The molecule has 0 radical (unpaired) electrons. The van der Waals surface area contributed by atoms with E-state index in [2.05, 4.69) is 20.9 Å². The predicted molar refractivity (Wildman–Crippen MR) is 136 cm³/mol. The zero-order chi connectivity index (χ0) is 26.9. The first-order chi connectivity index (χ1) is 17.7. The summed E-state index contributed by atoms with van der Waals surface area (Å²) in [4.78, 5) is 65.2. The van der Waals surface area contributed by atoms with Crippen molar-refractivity contribution in [1.82, 2.24) is 20.9 Å². The molecule has 1 heterocycles. The fourth-order valence-electron chi connectivity index (χ4n) is 4.00. The van der Waals surface area contributed by atoms with Crippen LogP contribution in [0.2, 0.25) is 0 Å². The number of H-pyrrole nitrogens is 1. The van der Waals surface area contributed by atoms with E-state index in [4.69, 9.17) is 10.1 Å². The van der Waals surface area contributed by atoms with Crippen LogP contribution in [0.4, 0.5) is 0 Å². The smallest absolute Gasteiger partial charge is 0.328 e. The number of carbonyl (C=O) groups excluding carboxylic acids is 5. The lowest BCUT2D eigenvalue weighted by molar-refractivity contribution is -0.156. The fourth-order valence-corrected chi connectivity index (χ4v) is 4.00. The van der Waals surface area contributed by atoms with Crippen LogP contribution in [0.3, 0.4) is 0 Å². The van der Waals surface area contributed by atoms with Gasteiger partial charge in [-0.05, 0) is 44.2 Å². The monoisotopic (exact) mass is 511 g/mol. The van der Waals surface area contributed by atoms with Crippen LogP contribution < -0.4 is 16.0 Å². The fraction of sp³-hybridized carbons (Fsp3) is 0.462. The van der Waals surface area contributed by atoms with Gasteiger partial charge in [0.2, 0.25) is 17.7 Å². The summed E-state index contributed by atoms with van der Waals surface area (Å²) in [5, 5.41) is 15.8. The van der Waals surface area contributed by atoms with E-state index in [1.54, 1.807) is 6.20 Å². The molecule has 2 aromatic rings. The van der Waals surface area contributed by atoms with E-state index >= 15 is 0 Å². The number of carbonyl (C=O) groups is 5. The number of ether oxygens (including phenoxy) is 1. The van der Waals surface area contributed by atoms with Gasteiger partial charge in [-0.3, -0.25) is 19.2 Å². The summed E-state index contributed by atoms with van der Waals surface area (Å²) >= 11 is 0. The number of nitrogens with one attached hydrogen (secondary N) is 5. The Morgan fingerprint density at radius 2 is 1.78 bits per heavy atom. The average molecular weight is 512 g/mol. The Bertz CT molecular complexity index is 1170. The molecule has 198 valence electrons. The largest absolute Gasteiger partial charge is 0.461 e. The normalized spacial score (nSPS) is 15.5. The highest BCUT2D eigenvalue weighted by Crippen LogP contribution is 2.22. The van der Waals surface area contributed by atoms with E-state index in [0.29, 0.717) is 6.21 Å². The number of amides is 3. The highest BCUT2D eigenvalue weighted by Gasteiger charge is 2.30. The molecule has 1 aliphatic carbocycles. The topological polar surface area (TPSA) is 170 Å². The number of benzene rings is 1. The number of aromatic amines is 1. The number of para-hydroxylation sites is 1. The quantitative estimate of drug-likeness (QED) is 0.200. The molecule has 1 aromatic carbocycles. The van der Waals surface area contributed by atoms with Crippen molar-refractivity contribution >= 4 is 46.6 Å². The van der Waals surface area contributed by atoms with Crippen molar-refractivity contribution in [2.75, 3.05) is 0 Å². The van der Waals surface area contributed by atoms with E-state index in [9.17, 15) is 24.0 Å². The molecule has 1 saturated carbocycles. The third kappa shape index (κ3) is 7.73. The number of esters is 1. The van der Waals surface area contributed by atoms with Gasteiger partial charge in [0.05, 0.1) is 6.21 Å². The van der Waals surface area contributed by atoms with Gasteiger partial charge in [0.1, 0.15) is 24.2 Å². The van der Waals surface area contributed by atoms with Gasteiger partial charge < -0.3 is 31.1 Å². The maximum Gasteiger partial charge on any atom is 0.328 e. The molecule has 3 rings (SSSR count). The molecule has 3 atom stereocenters. The number of Topliss-reactive ketones (excluding diaryl/α,β-unsaturated/α-hetero) is 1. The molecule has 11 nitrogen and oxygen atoms in total. The molecule has 1 fully saturated rings. The molecular formula is C26H33N5O6. The van der Waals surface area contributed by atoms with Crippen LogP contribution in [-0.2, 0) is 35.1 Å². The summed E-state index contributed by atoms with van der Waals surface area (Å²) in [5.41, 5.74) is 1.68. The Morgan fingerprint density at radius 3 is 2.43 bits per heavy atom. The van der Waals surface area contributed by atoms with Gasteiger partial charge in [-0.1, -0.05) is 18.2 Å². The van der Waals surface area contributed by atoms with E-state index in [-0.39, 0.29) is 25.4 Å². The van der Waals surface area contributed by atoms with Crippen molar-refractivity contribution in [3.8, 4) is 0 Å². The lowest BCUT2D eigenvalue weighted by Crippen LogP contribution is -2.56. The zero-order valence-corrected chi connectivity index (χ0v) is 21.0. The van der Waals surface area contributed by atoms with Crippen molar-refractivity contribution in [3.63, 3.8) is 0 Å². The third-order valence-corrected chi connectivity index (χ3v) is 6.31. The first kappa shape index (κ1) is 27.6. The number of aromatic nitrogens is 1. The van der Waals surface area contributed by atoms with Crippen LogP contribution in [0.25, 0.3) is 10.9 Å². The van der Waals surface area contributed by atoms with Gasteiger partial charge in [-0.15, -0.1) is 0 Å². The molecule has 0 saturated heterocycles. The average Bonchev–Trinajstić information content (AvgIpc) is 3.25. The van der Waals surface area contributed by atoms with E-state index in [1.807, 2.05) is 24.3 Å². The third-order valence-electron chi connectivity index (χ3n) is 6.31. The Hall–Kier alpha value is -4.02. The molecule has 11 heteroatoms. The molecule has 1 aromatic heterocycles. The van der Waals surface area contributed by atoms with E-state index in [0.717, 1.165) is 35.7 Å². The Balaban J connectivity index is 1.71. The molecule has 0 spiro atoms. The van der Waals surface area contributed by atoms with Crippen molar-refractivity contribution in [2.45, 2.75) is 76.6 Å². The molecule has 0 bridgehead atoms. The van der Waals surface area contributed by atoms with Crippen molar-refractivity contribution in [2.24, 2.45) is 0 Å². The summed E-state index contributed by atoms with van der Waals surface area (Å²) in [6.45, 7) is 2.77. The summed E-state index contributed by atoms with van der Waals surface area (Å²) in [6.07, 6.45) is 4.74. The van der Waals surface area contributed by atoms with Crippen LogP contribution in [0, 0.1) is 5.41 Å². The highest BCUT2D eigenvalue weighted by atomic mass is 16.5. The molecule has 1 aliphatic rings. The van der Waals surface area contributed by atoms with Crippen LogP contribution in [0.1, 0.15) is 51.5 Å². The Kier molecular flexibility index (Phi) is 9.53. The van der Waals surface area contributed by atoms with Crippen molar-refractivity contribution < 1.29 is 28.7 Å². The number of rotatable bonds is 13. The number of ketones is 1. The summed E-state index contributed by atoms with van der Waals surface area (Å²) in [6, 6.07) is 4.41. The molecule has 5 N–H and O–H groups in total. The molecule has 0 aliphatic heterocycles. The van der Waals surface area contributed by atoms with E-state index < -0.39 is 47.6 Å². The van der Waals surface area contributed by atoms with E-state index in [1.165, 1.54) is 13.8 Å². The van der Waals surface area contributed by atoms with Crippen LogP contribution >= 0.6 is 0 Å². The number of hydrogen-bond acceptors (Lipinski definition) is 7. The first-order valence-corrected chi connectivity index (χ1v) is 12.3. The minimum absolute atomic E-state index is 0.0872. The van der Waals surface area contributed by atoms with Gasteiger partial charge in [0.25, 0.3) is 0 Å². The van der Waals surface area contributed by atoms with Gasteiger partial charge in [-0.25, -0.2) is 4.79 Å². The molecule has 0 unspecified atom stereocenters. The Morgan fingerprint density at radius 1 is 1.08 bits per heavy atom. The van der Waals surface area contributed by atoms with Gasteiger partial charge in [-0.2, -0.15) is 0 Å². The summed E-state index contributed by atoms with van der Waals surface area (Å²) < 4.78 is 5.33. The lowest BCUT2D eigenvalue weighted by atomic mass is 9.96. The second-order valence-electron chi connectivity index (χ2n) is 9.25. The molecule has 37 heavy (non-hydrogen) atoms. The lowest BCUT2D eigenvalue weighted by Gasteiger charge is -2.27. The molecular weight excluding hydrogens is 478 g/mol. The standard InChI is InChI=1S/C26H33N5O6/c1-15(26(36)37-19-6-5-7-19)29-24(34)22(11-10-18(33)13-27)31-25(35)23(30-16(2)32)12-17-14-28-21-9-4-3-8-20(17)21/h3-4,8-9,13-15,19,22-23,27-28H,5-7,10-12H2,1-2H3,(H,29,34)(H,30,32)(H,31,35)/t15-,22-,23-/m0/s1. The first-order valence-electron chi connectivity index (χ1n) is 12.3. The van der Waals surface area contributed by atoms with Crippen molar-refractivity contribution in [3.05, 3.63) is 36.0 Å². The maximum atomic E-state index is 13.2. The van der Waals surface area contributed by atoms with Gasteiger partial charge >= 0.3 is 5.97 Å². The summed E-state index contributed by atoms with van der Waals surface area (Å²) in [5.74, 6) is -2.80. The second-order valence-corrected chi connectivity index (χ2v) is 9.25. The predicted octanol–water partition coefficient (Wildman–Crippen LogP) is 1.30. The van der Waals surface area contributed by atoms with Crippen molar-refractivity contribution in [1.29, 1.82) is 5.41 Å². The number of fused-ring (bicyclic) bond motifs is 1. The number of hydrogen-bond donors (Lipinski definition) is 5.